The Morgan fingerprint density at radius 2 is 2.00 bits per heavy atom. The molecule has 1 unspecified atom stereocenters. The molecule has 2 rings (SSSR count). The van der Waals surface area contributed by atoms with Crippen LogP contribution in [0.5, 0.6) is 11.5 Å². The van der Waals surface area contributed by atoms with Crippen molar-refractivity contribution in [2.24, 2.45) is 0 Å². The number of fused-ring (bicyclic) bond motifs is 1. The number of hydrogen-bond donors (Lipinski definition) is 2. The number of carbonyl (C=O) groups is 1. The summed E-state index contributed by atoms with van der Waals surface area (Å²) >= 11 is 0. The summed E-state index contributed by atoms with van der Waals surface area (Å²) in [6.45, 7) is 8.79. The van der Waals surface area contributed by atoms with E-state index in [4.69, 9.17) is 9.15 Å². The van der Waals surface area contributed by atoms with Gasteiger partial charge in [-0.2, -0.15) is 0 Å². The number of aromatic hydroxyl groups is 2. The molecule has 0 spiro atoms. The van der Waals surface area contributed by atoms with Gasteiger partial charge in [-0.15, -0.1) is 0 Å². The third kappa shape index (κ3) is 2.80. The van der Waals surface area contributed by atoms with Gasteiger partial charge in [-0.25, -0.2) is 9.00 Å². The molecule has 0 saturated carbocycles. The van der Waals surface area contributed by atoms with Crippen molar-refractivity contribution in [2.75, 3.05) is 6.61 Å². The van der Waals surface area contributed by atoms with E-state index in [9.17, 15) is 19.2 Å². The molecular weight excluding hydrogens is 332 g/mol. The summed E-state index contributed by atoms with van der Waals surface area (Å²) < 4.78 is 22.6. The van der Waals surface area contributed by atoms with Gasteiger partial charge in [-0.05, 0) is 20.3 Å². The minimum Gasteiger partial charge on any atom is -0.507 e. The van der Waals surface area contributed by atoms with Crippen LogP contribution in [0.3, 0.4) is 0 Å². The van der Waals surface area contributed by atoms with Crippen molar-refractivity contribution in [3.8, 4) is 11.5 Å². The van der Waals surface area contributed by atoms with E-state index < -0.39 is 16.8 Å². The average Bonchev–Trinajstić information content (AvgIpc) is 2.90. The molecule has 24 heavy (non-hydrogen) atoms. The Kier molecular flexibility index (Phi) is 5.33. The monoisotopic (exact) mass is 352 g/mol. The Labute approximate surface area is 142 Å². The van der Waals surface area contributed by atoms with E-state index >= 15 is 0 Å². The minimum atomic E-state index is -1.72. The third-order valence-electron chi connectivity index (χ3n) is 3.69. The van der Waals surface area contributed by atoms with Crippen molar-refractivity contribution in [1.29, 1.82) is 0 Å². The first-order valence-corrected chi connectivity index (χ1v) is 8.80. The zero-order chi connectivity index (χ0) is 18.0. The van der Waals surface area contributed by atoms with Crippen LogP contribution in [0.15, 0.2) is 21.3 Å². The first-order valence-electron chi connectivity index (χ1n) is 7.58. The SMILES string of the molecule is C=CS(=O)c1c(CCC)c(O)c2c(C)c(C(=O)OCC)oc2c1O. The lowest BCUT2D eigenvalue weighted by atomic mass is 10.0. The van der Waals surface area contributed by atoms with E-state index in [1.54, 1.807) is 13.8 Å². The van der Waals surface area contributed by atoms with Crippen molar-refractivity contribution in [1.82, 2.24) is 0 Å². The van der Waals surface area contributed by atoms with E-state index in [1.807, 2.05) is 6.92 Å². The molecule has 1 aromatic carbocycles. The fraction of sp³-hybridized carbons (Fsp3) is 0.353. The Balaban J connectivity index is 2.88. The Hall–Kier alpha value is -2.28. The summed E-state index contributed by atoms with van der Waals surface area (Å²) in [6, 6.07) is 0. The highest BCUT2D eigenvalue weighted by molar-refractivity contribution is 7.88. The molecule has 0 aliphatic heterocycles. The fourth-order valence-electron chi connectivity index (χ4n) is 2.64. The van der Waals surface area contributed by atoms with E-state index in [0.717, 1.165) is 0 Å². The summed E-state index contributed by atoms with van der Waals surface area (Å²) in [5, 5.41) is 22.6. The van der Waals surface area contributed by atoms with Gasteiger partial charge in [0.05, 0.1) is 27.7 Å². The zero-order valence-corrected chi connectivity index (χ0v) is 14.7. The predicted octanol–water partition coefficient (Wildman–Crippen LogP) is 3.53. The molecule has 2 N–H and O–H groups in total. The van der Waals surface area contributed by atoms with Crippen molar-refractivity contribution in [2.45, 2.75) is 38.5 Å². The van der Waals surface area contributed by atoms with Crippen LogP contribution in [0.2, 0.25) is 0 Å². The average molecular weight is 352 g/mol. The van der Waals surface area contributed by atoms with Crippen molar-refractivity contribution < 1.29 is 28.4 Å². The van der Waals surface area contributed by atoms with Gasteiger partial charge in [0.25, 0.3) is 0 Å². The molecule has 130 valence electrons. The second-order valence-corrected chi connectivity index (χ2v) is 6.54. The van der Waals surface area contributed by atoms with Gasteiger partial charge in [0.1, 0.15) is 5.75 Å². The molecule has 2 aromatic rings. The predicted molar refractivity (Wildman–Crippen MR) is 90.8 cm³/mol. The highest BCUT2D eigenvalue weighted by Gasteiger charge is 2.29. The summed E-state index contributed by atoms with van der Waals surface area (Å²) in [7, 11) is -1.72. The Morgan fingerprint density at radius 3 is 2.54 bits per heavy atom. The number of benzene rings is 1. The first kappa shape index (κ1) is 18.1. The van der Waals surface area contributed by atoms with Crippen LogP contribution in [0.1, 0.15) is 41.9 Å². The highest BCUT2D eigenvalue weighted by Crippen LogP contribution is 2.45. The molecule has 1 atom stereocenters. The molecule has 0 bridgehead atoms. The number of aryl methyl sites for hydroxylation is 1. The smallest absolute Gasteiger partial charge is 0.374 e. The Morgan fingerprint density at radius 1 is 1.33 bits per heavy atom. The minimum absolute atomic E-state index is 0.0565. The van der Waals surface area contributed by atoms with Crippen molar-refractivity contribution in [3.63, 3.8) is 0 Å². The number of ether oxygens (including phenoxy) is 1. The summed E-state index contributed by atoms with van der Waals surface area (Å²) in [4.78, 5) is 12.0. The van der Waals surface area contributed by atoms with Crippen LogP contribution in [-0.2, 0) is 22.0 Å². The van der Waals surface area contributed by atoms with Gasteiger partial charge in [-0.3, -0.25) is 0 Å². The molecule has 0 amide bonds. The van der Waals surface area contributed by atoms with E-state index in [2.05, 4.69) is 6.58 Å². The lowest BCUT2D eigenvalue weighted by Gasteiger charge is -2.12. The van der Waals surface area contributed by atoms with E-state index in [1.165, 1.54) is 5.41 Å². The number of hydrogen-bond acceptors (Lipinski definition) is 6. The molecule has 1 heterocycles. The molecule has 0 saturated heterocycles. The molecule has 1 aromatic heterocycles. The maximum absolute atomic E-state index is 12.2. The van der Waals surface area contributed by atoms with Crippen molar-refractivity contribution in [3.05, 3.63) is 28.9 Å². The zero-order valence-electron chi connectivity index (χ0n) is 13.8. The number of carbonyl (C=O) groups excluding carboxylic acids is 1. The standard InChI is InChI=1S/C17H20O6S/c1-5-8-10-12(18)11-9(4)14(17(20)22-6-2)23-15(11)13(19)16(10)24(21)7-3/h7,18-19H,3,5-6,8H2,1-2,4H3. The quantitative estimate of drug-likeness (QED) is 0.610. The Bertz CT molecular complexity index is 834. The molecule has 6 nitrogen and oxygen atoms in total. The van der Waals surface area contributed by atoms with Gasteiger partial charge in [-0.1, -0.05) is 19.9 Å². The van der Waals surface area contributed by atoms with Crippen molar-refractivity contribution >= 4 is 27.7 Å². The maximum Gasteiger partial charge on any atom is 0.374 e. The summed E-state index contributed by atoms with van der Waals surface area (Å²) in [5.74, 6) is -1.29. The maximum atomic E-state index is 12.2. The van der Waals surface area contributed by atoms with Gasteiger partial charge in [0.15, 0.2) is 11.3 Å². The summed E-state index contributed by atoms with van der Waals surface area (Å²) in [5.41, 5.74) is 0.641. The molecule has 0 aliphatic rings. The molecule has 0 radical (unpaired) electrons. The second kappa shape index (κ2) is 7.09. The van der Waals surface area contributed by atoms with Gasteiger partial charge < -0.3 is 19.4 Å². The van der Waals surface area contributed by atoms with Crippen LogP contribution >= 0.6 is 0 Å². The van der Waals surface area contributed by atoms with E-state index in [-0.39, 0.29) is 39.7 Å². The molecule has 0 fully saturated rings. The normalized spacial score (nSPS) is 12.3. The van der Waals surface area contributed by atoms with Gasteiger partial charge in [0, 0.05) is 16.5 Å². The third-order valence-corrected chi connectivity index (χ3v) is 4.83. The van der Waals surface area contributed by atoms with Gasteiger partial charge >= 0.3 is 5.97 Å². The van der Waals surface area contributed by atoms with Crippen LogP contribution in [0.4, 0.5) is 0 Å². The topological polar surface area (TPSA) is 97.0 Å². The van der Waals surface area contributed by atoms with Crippen LogP contribution < -0.4 is 0 Å². The molecule has 0 aliphatic carbocycles. The number of phenolic OH excluding ortho intramolecular Hbond substituents is 2. The second-order valence-electron chi connectivity index (χ2n) is 5.20. The van der Waals surface area contributed by atoms with Gasteiger partial charge in [0.2, 0.25) is 5.76 Å². The summed E-state index contributed by atoms with van der Waals surface area (Å²) in [6.07, 6.45) is 1.07. The van der Waals surface area contributed by atoms with Crippen LogP contribution in [0, 0.1) is 6.92 Å². The van der Waals surface area contributed by atoms with Crippen LogP contribution in [-0.4, -0.2) is 27.0 Å². The molecule has 7 heteroatoms. The number of rotatable bonds is 6. The number of furan rings is 1. The number of phenols is 2. The lowest BCUT2D eigenvalue weighted by molar-refractivity contribution is 0.0491. The highest BCUT2D eigenvalue weighted by atomic mass is 32.2. The van der Waals surface area contributed by atoms with Crippen LogP contribution in [0.25, 0.3) is 11.0 Å². The van der Waals surface area contributed by atoms with E-state index in [0.29, 0.717) is 24.0 Å². The largest absolute Gasteiger partial charge is 0.507 e. The lowest BCUT2D eigenvalue weighted by Crippen LogP contribution is -2.04. The fourth-order valence-corrected chi connectivity index (χ4v) is 3.53. The molecular formula is C17H20O6S. The number of esters is 1. The first-order chi connectivity index (χ1) is 11.4.